The predicted molar refractivity (Wildman–Crippen MR) is 101 cm³/mol. The number of methoxy groups -OCH3 is 1. The first-order valence-electron chi connectivity index (χ1n) is 8.28. The minimum Gasteiger partial charge on any atom is -0.493 e. The average molecular weight is 410 g/mol. The van der Waals surface area contributed by atoms with E-state index >= 15 is 0 Å². The van der Waals surface area contributed by atoms with Crippen LogP contribution in [0.15, 0.2) is 22.2 Å². The number of hydrogen-bond acceptors (Lipinski definition) is 4. The van der Waals surface area contributed by atoms with E-state index in [4.69, 9.17) is 9.47 Å². The maximum Gasteiger partial charge on any atom is 0.259 e. The van der Waals surface area contributed by atoms with Crippen molar-refractivity contribution < 1.29 is 19.1 Å². The van der Waals surface area contributed by atoms with E-state index in [1.165, 1.54) is 4.90 Å². The Morgan fingerprint density at radius 3 is 2.76 bits per heavy atom. The summed E-state index contributed by atoms with van der Waals surface area (Å²) in [6.45, 7) is 1.91. The van der Waals surface area contributed by atoms with Gasteiger partial charge < -0.3 is 14.4 Å². The molecule has 25 heavy (non-hydrogen) atoms. The molecule has 0 spiro atoms. The lowest BCUT2D eigenvalue weighted by molar-refractivity contribution is -0.130. The molecule has 6 heteroatoms. The minimum atomic E-state index is -0.137. The van der Waals surface area contributed by atoms with Crippen LogP contribution < -0.4 is 9.47 Å². The Morgan fingerprint density at radius 2 is 2.12 bits per heavy atom. The highest BCUT2D eigenvalue weighted by Gasteiger charge is 2.22. The summed E-state index contributed by atoms with van der Waals surface area (Å²) in [5.74, 6) is 1.16. The van der Waals surface area contributed by atoms with Crippen molar-refractivity contribution in [1.29, 1.82) is 0 Å². The highest BCUT2D eigenvalue weighted by atomic mass is 79.9. The van der Waals surface area contributed by atoms with Crippen LogP contribution in [-0.2, 0) is 9.59 Å². The molecule has 1 amide bonds. The smallest absolute Gasteiger partial charge is 0.259 e. The fraction of sp³-hybridized carbons (Fsp3) is 0.474. The van der Waals surface area contributed by atoms with Crippen molar-refractivity contribution in [3.63, 3.8) is 0 Å². The number of likely N-dealkylation sites (N-methyl/N-ethyl adjacent to an activating group) is 1. The Kier molecular flexibility index (Phi) is 6.64. The second kappa shape index (κ2) is 8.52. The molecule has 1 saturated carbocycles. The highest BCUT2D eigenvalue weighted by molar-refractivity contribution is 9.10. The predicted octanol–water partition coefficient (Wildman–Crippen LogP) is 3.70. The first-order chi connectivity index (χ1) is 11.8. The van der Waals surface area contributed by atoms with Gasteiger partial charge in [0.15, 0.2) is 23.9 Å². The summed E-state index contributed by atoms with van der Waals surface area (Å²) >= 11 is 3.47. The van der Waals surface area contributed by atoms with Gasteiger partial charge >= 0.3 is 0 Å². The van der Waals surface area contributed by atoms with Gasteiger partial charge in [0, 0.05) is 20.0 Å². The molecule has 0 radical (unpaired) electrons. The zero-order valence-electron chi connectivity index (χ0n) is 15.1. The second-order valence-corrected chi connectivity index (χ2v) is 7.29. The van der Waals surface area contributed by atoms with Crippen LogP contribution in [0.4, 0.5) is 0 Å². The lowest BCUT2D eigenvalue weighted by Gasteiger charge is -2.19. The number of ketones is 1. The number of halogens is 1. The van der Waals surface area contributed by atoms with E-state index in [9.17, 15) is 9.59 Å². The first kappa shape index (κ1) is 19.5. The molecule has 0 saturated heterocycles. The molecule has 1 fully saturated rings. The van der Waals surface area contributed by atoms with Gasteiger partial charge in [0.2, 0.25) is 0 Å². The Morgan fingerprint density at radius 1 is 1.40 bits per heavy atom. The Hall–Kier alpha value is -1.82. The number of hydrogen-bond donors (Lipinski definition) is 0. The second-order valence-electron chi connectivity index (χ2n) is 6.44. The number of carbonyl (C=O) groups is 2. The number of benzene rings is 1. The molecule has 5 nitrogen and oxygen atoms in total. The lowest BCUT2D eigenvalue weighted by atomic mass is 9.84. The third-order valence-electron chi connectivity index (χ3n) is 4.28. The quantitative estimate of drug-likeness (QED) is 0.695. The monoisotopic (exact) mass is 409 g/mol. The molecule has 0 unspecified atom stereocenters. The maximum atomic E-state index is 12.3. The molecule has 1 aromatic rings. The Labute approximate surface area is 157 Å². The van der Waals surface area contributed by atoms with Gasteiger partial charge in [-0.05, 0) is 64.5 Å². The maximum absolute atomic E-state index is 12.3. The summed E-state index contributed by atoms with van der Waals surface area (Å²) in [6.07, 6.45) is 4.71. The van der Waals surface area contributed by atoms with Crippen molar-refractivity contribution in [1.82, 2.24) is 4.90 Å². The zero-order valence-corrected chi connectivity index (χ0v) is 16.7. The number of nitrogens with zero attached hydrogens (tertiary/aromatic N) is 1. The number of rotatable bonds is 5. The van der Waals surface area contributed by atoms with Crippen LogP contribution in [0.5, 0.6) is 11.5 Å². The van der Waals surface area contributed by atoms with Gasteiger partial charge in [-0.2, -0.15) is 0 Å². The van der Waals surface area contributed by atoms with E-state index in [-0.39, 0.29) is 24.2 Å². The molecule has 136 valence electrons. The van der Waals surface area contributed by atoms with E-state index < -0.39 is 0 Å². The Bertz CT molecular complexity index is 697. The fourth-order valence-corrected chi connectivity index (χ4v) is 3.31. The standard InChI is InChI=1S/C19H24BrNO4/c1-12-6-5-7-14(18(12)23)8-13-9-15(20)19(16(10-13)24-4)25-11-17(22)21(2)3/h8-10,12H,5-7,11H2,1-4H3/b14-8+/t12-/m0/s1. The largest absolute Gasteiger partial charge is 0.493 e. The summed E-state index contributed by atoms with van der Waals surface area (Å²) in [5.41, 5.74) is 1.72. The molecule has 1 aromatic carbocycles. The summed E-state index contributed by atoms with van der Waals surface area (Å²) in [4.78, 5) is 25.5. The molecule has 1 atom stereocenters. The summed E-state index contributed by atoms with van der Waals surface area (Å²) in [5, 5.41) is 0. The summed E-state index contributed by atoms with van der Waals surface area (Å²) < 4.78 is 11.7. The van der Waals surface area contributed by atoms with Gasteiger partial charge in [-0.1, -0.05) is 6.92 Å². The number of ether oxygens (including phenoxy) is 2. The lowest BCUT2D eigenvalue weighted by Crippen LogP contribution is -2.27. The van der Waals surface area contributed by atoms with Crippen LogP contribution in [0, 0.1) is 5.92 Å². The van der Waals surface area contributed by atoms with Crippen LogP contribution in [0.3, 0.4) is 0 Å². The molecule has 1 aliphatic rings. The zero-order chi connectivity index (χ0) is 18.6. The molecule has 0 N–H and O–H groups in total. The van der Waals surface area contributed by atoms with E-state index in [0.29, 0.717) is 16.0 Å². The number of allylic oxidation sites excluding steroid dienone is 1. The highest BCUT2D eigenvalue weighted by Crippen LogP contribution is 2.38. The van der Waals surface area contributed by atoms with Gasteiger partial charge in [-0.25, -0.2) is 0 Å². The normalized spacial score (nSPS) is 19.0. The third-order valence-corrected chi connectivity index (χ3v) is 4.87. The van der Waals surface area contributed by atoms with E-state index in [1.54, 1.807) is 21.2 Å². The van der Waals surface area contributed by atoms with Crippen molar-refractivity contribution >= 4 is 33.7 Å². The van der Waals surface area contributed by atoms with Gasteiger partial charge in [-0.15, -0.1) is 0 Å². The van der Waals surface area contributed by atoms with E-state index in [1.807, 2.05) is 25.1 Å². The van der Waals surface area contributed by atoms with E-state index in [0.717, 1.165) is 30.4 Å². The van der Waals surface area contributed by atoms with Crippen LogP contribution >= 0.6 is 15.9 Å². The number of amides is 1. The minimum absolute atomic E-state index is 0.0710. The fourth-order valence-electron chi connectivity index (χ4n) is 2.74. The van der Waals surface area contributed by atoms with Gasteiger partial charge in [0.25, 0.3) is 5.91 Å². The molecule has 1 aliphatic carbocycles. The Balaban J connectivity index is 2.26. The molecule has 0 aliphatic heterocycles. The van der Waals surface area contributed by atoms with Crippen molar-refractivity contribution in [2.24, 2.45) is 5.92 Å². The van der Waals surface area contributed by atoms with Crippen LogP contribution in [0.1, 0.15) is 31.7 Å². The molecular weight excluding hydrogens is 386 g/mol. The van der Waals surface area contributed by atoms with Crippen LogP contribution in [-0.4, -0.2) is 44.4 Å². The number of Topliss-reactive ketones (excluding diaryl/α,β-unsaturated/α-hetero) is 1. The van der Waals surface area contributed by atoms with Gasteiger partial charge in [-0.3, -0.25) is 9.59 Å². The first-order valence-corrected chi connectivity index (χ1v) is 9.08. The SMILES string of the molecule is COc1cc(/C=C2\CCC[C@H](C)C2=O)cc(Br)c1OCC(=O)N(C)C. The summed E-state index contributed by atoms with van der Waals surface area (Å²) in [7, 11) is 4.90. The van der Waals surface area contributed by atoms with Gasteiger partial charge in [0.05, 0.1) is 11.6 Å². The summed E-state index contributed by atoms with van der Waals surface area (Å²) in [6, 6.07) is 3.69. The van der Waals surface area contributed by atoms with Crippen LogP contribution in [0.2, 0.25) is 0 Å². The van der Waals surface area contributed by atoms with Crippen molar-refractivity contribution in [2.45, 2.75) is 26.2 Å². The van der Waals surface area contributed by atoms with E-state index in [2.05, 4.69) is 15.9 Å². The average Bonchev–Trinajstić information content (AvgIpc) is 2.57. The third kappa shape index (κ3) is 4.84. The van der Waals surface area contributed by atoms with Crippen LogP contribution in [0.25, 0.3) is 6.08 Å². The molecular formula is C19H24BrNO4. The van der Waals surface area contributed by atoms with Crippen molar-refractivity contribution in [2.75, 3.05) is 27.8 Å². The molecule has 2 rings (SSSR count). The topological polar surface area (TPSA) is 55.8 Å². The molecule has 0 aromatic heterocycles. The molecule has 0 heterocycles. The molecule has 0 bridgehead atoms. The van der Waals surface area contributed by atoms with Crippen molar-refractivity contribution in [3.05, 3.63) is 27.7 Å². The van der Waals surface area contributed by atoms with Gasteiger partial charge in [0.1, 0.15) is 0 Å². The number of carbonyl (C=O) groups excluding carboxylic acids is 2. The van der Waals surface area contributed by atoms with Crippen molar-refractivity contribution in [3.8, 4) is 11.5 Å².